The van der Waals surface area contributed by atoms with Crippen LogP contribution < -0.4 is 5.32 Å². The van der Waals surface area contributed by atoms with E-state index in [4.69, 9.17) is 11.6 Å². The zero-order valence-corrected chi connectivity index (χ0v) is 17.6. The summed E-state index contributed by atoms with van der Waals surface area (Å²) in [5.41, 5.74) is 3.04. The molecule has 3 rings (SSSR count). The van der Waals surface area contributed by atoms with Crippen LogP contribution in [0.2, 0.25) is 5.02 Å². The molecule has 0 aliphatic carbocycles. The third-order valence-corrected chi connectivity index (χ3v) is 6.70. The van der Waals surface area contributed by atoms with Gasteiger partial charge < -0.3 is 9.72 Å². The second kappa shape index (κ2) is 7.54. The number of carbonyl (C=O) groups is 1. The number of benzene rings is 1. The summed E-state index contributed by atoms with van der Waals surface area (Å²) in [5, 5.41) is 3.38. The van der Waals surface area contributed by atoms with Crippen molar-refractivity contribution in [2.75, 3.05) is 14.1 Å². The lowest BCUT2D eigenvalue weighted by molar-refractivity contribution is 0.0950. The first-order valence-corrected chi connectivity index (χ1v) is 10.4. The number of imidazole rings is 1. The van der Waals surface area contributed by atoms with Crippen molar-refractivity contribution in [2.24, 2.45) is 0 Å². The van der Waals surface area contributed by atoms with Crippen LogP contribution in [0.1, 0.15) is 27.2 Å². The molecule has 7 nitrogen and oxygen atoms in total. The molecule has 0 fully saturated rings. The van der Waals surface area contributed by atoms with Crippen LogP contribution in [0.3, 0.4) is 0 Å². The molecule has 0 saturated carbocycles. The van der Waals surface area contributed by atoms with Gasteiger partial charge in [0.25, 0.3) is 5.91 Å². The van der Waals surface area contributed by atoms with Crippen LogP contribution in [0.15, 0.2) is 41.6 Å². The number of pyridine rings is 1. The lowest BCUT2D eigenvalue weighted by Crippen LogP contribution is -2.26. The molecule has 1 N–H and O–H groups in total. The van der Waals surface area contributed by atoms with E-state index in [0.29, 0.717) is 16.3 Å². The average molecular weight is 421 g/mol. The fraction of sp³-hybridized carbons (Fsp3) is 0.263. The maximum atomic E-state index is 12.6. The molecule has 0 unspecified atom stereocenters. The summed E-state index contributed by atoms with van der Waals surface area (Å²) >= 11 is 5.97. The number of hydrogen-bond acceptors (Lipinski definition) is 4. The monoisotopic (exact) mass is 420 g/mol. The smallest absolute Gasteiger partial charge is 0.251 e. The van der Waals surface area contributed by atoms with Crippen LogP contribution in [0.25, 0.3) is 5.65 Å². The van der Waals surface area contributed by atoms with Gasteiger partial charge >= 0.3 is 0 Å². The number of fused-ring (bicyclic) bond motifs is 1. The van der Waals surface area contributed by atoms with Crippen molar-refractivity contribution >= 4 is 33.2 Å². The molecule has 2 heterocycles. The molecule has 0 saturated heterocycles. The summed E-state index contributed by atoms with van der Waals surface area (Å²) < 4.78 is 28.0. The molecule has 1 aromatic carbocycles. The normalized spacial score (nSPS) is 11.9. The molecule has 9 heteroatoms. The second-order valence-electron chi connectivity index (χ2n) is 6.73. The largest absolute Gasteiger partial charge is 0.346 e. The molecule has 148 valence electrons. The Bertz CT molecular complexity index is 1170. The van der Waals surface area contributed by atoms with Gasteiger partial charge in [0.1, 0.15) is 5.65 Å². The van der Waals surface area contributed by atoms with E-state index in [2.05, 4.69) is 10.3 Å². The lowest BCUT2D eigenvalue weighted by atomic mass is 10.1. The third-order valence-electron chi connectivity index (χ3n) is 4.54. The van der Waals surface area contributed by atoms with Crippen LogP contribution in [-0.4, -0.2) is 42.1 Å². The van der Waals surface area contributed by atoms with Crippen molar-refractivity contribution in [3.63, 3.8) is 0 Å². The summed E-state index contributed by atoms with van der Waals surface area (Å²) in [4.78, 5) is 17.2. The highest BCUT2D eigenvalue weighted by molar-refractivity contribution is 7.89. The fourth-order valence-corrected chi connectivity index (χ4v) is 4.18. The Hall–Kier alpha value is -2.42. The van der Waals surface area contributed by atoms with Gasteiger partial charge in [0.05, 0.1) is 22.2 Å². The van der Waals surface area contributed by atoms with E-state index < -0.39 is 10.0 Å². The van der Waals surface area contributed by atoms with E-state index in [1.807, 2.05) is 0 Å². The highest BCUT2D eigenvalue weighted by atomic mass is 35.5. The van der Waals surface area contributed by atoms with Gasteiger partial charge in [-0.3, -0.25) is 4.79 Å². The standard InChI is InChI=1S/C19H21ClN4O3S/c1-12-7-14(8-17(13(12)2)28(26,27)23(3)4)19(25)21-9-16-11-24-10-15(20)5-6-18(24)22-16/h5-8,10-11H,9H2,1-4H3,(H,21,25). The maximum Gasteiger partial charge on any atom is 0.251 e. The second-order valence-corrected chi connectivity index (χ2v) is 9.29. The fourth-order valence-electron chi connectivity index (χ4n) is 2.80. The average Bonchev–Trinajstić information content (AvgIpc) is 3.03. The first kappa shape index (κ1) is 20.3. The highest BCUT2D eigenvalue weighted by Gasteiger charge is 2.23. The topological polar surface area (TPSA) is 83.8 Å². The van der Waals surface area contributed by atoms with Crippen LogP contribution in [-0.2, 0) is 16.6 Å². The zero-order valence-electron chi connectivity index (χ0n) is 16.0. The van der Waals surface area contributed by atoms with Crippen molar-refractivity contribution < 1.29 is 13.2 Å². The predicted octanol–water partition coefficient (Wildman–Crippen LogP) is 2.78. The van der Waals surface area contributed by atoms with Crippen LogP contribution in [0.5, 0.6) is 0 Å². The predicted molar refractivity (Wildman–Crippen MR) is 108 cm³/mol. The van der Waals surface area contributed by atoms with Crippen molar-refractivity contribution in [2.45, 2.75) is 25.3 Å². The van der Waals surface area contributed by atoms with E-state index in [0.717, 1.165) is 15.5 Å². The first-order chi connectivity index (χ1) is 13.1. The Kier molecular flexibility index (Phi) is 5.47. The molecule has 0 spiro atoms. The molecular formula is C19H21ClN4O3S. The Balaban J connectivity index is 1.85. The molecular weight excluding hydrogens is 400 g/mol. The first-order valence-electron chi connectivity index (χ1n) is 8.54. The number of aromatic nitrogens is 2. The number of nitrogens with one attached hydrogen (secondary N) is 1. The minimum atomic E-state index is -3.65. The number of hydrogen-bond donors (Lipinski definition) is 1. The maximum absolute atomic E-state index is 12.6. The number of sulfonamides is 1. The summed E-state index contributed by atoms with van der Waals surface area (Å²) in [6.07, 6.45) is 3.51. The number of rotatable bonds is 5. The van der Waals surface area contributed by atoms with Crippen molar-refractivity contribution in [3.8, 4) is 0 Å². The zero-order chi connectivity index (χ0) is 20.6. The van der Waals surface area contributed by atoms with E-state index in [-0.39, 0.29) is 22.9 Å². The van der Waals surface area contributed by atoms with Gasteiger partial charge in [0.15, 0.2) is 0 Å². The van der Waals surface area contributed by atoms with Gasteiger partial charge in [-0.15, -0.1) is 0 Å². The highest BCUT2D eigenvalue weighted by Crippen LogP contribution is 2.23. The molecule has 3 aromatic rings. The van der Waals surface area contributed by atoms with E-state index in [9.17, 15) is 13.2 Å². The summed E-state index contributed by atoms with van der Waals surface area (Å²) in [5.74, 6) is -0.367. The molecule has 2 aromatic heterocycles. The van der Waals surface area contributed by atoms with Crippen LogP contribution in [0.4, 0.5) is 0 Å². The quantitative estimate of drug-likeness (QED) is 0.687. The molecule has 0 bridgehead atoms. The van der Waals surface area contributed by atoms with Crippen molar-refractivity contribution in [3.05, 3.63) is 64.1 Å². The van der Waals surface area contributed by atoms with Gasteiger partial charge in [0.2, 0.25) is 10.0 Å². The summed E-state index contributed by atoms with van der Waals surface area (Å²) in [7, 11) is -0.720. The number of amides is 1. The Morgan fingerprint density at radius 2 is 1.93 bits per heavy atom. The minimum Gasteiger partial charge on any atom is -0.346 e. The van der Waals surface area contributed by atoms with E-state index >= 15 is 0 Å². The van der Waals surface area contributed by atoms with E-state index in [1.165, 1.54) is 20.2 Å². The molecule has 1 amide bonds. The van der Waals surface area contributed by atoms with Gasteiger partial charge in [-0.25, -0.2) is 17.7 Å². The summed E-state index contributed by atoms with van der Waals surface area (Å²) in [6.45, 7) is 3.72. The SMILES string of the molecule is Cc1cc(C(=O)NCc2cn3cc(Cl)ccc3n2)cc(S(=O)(=O)N(C)C)c1C. The number of aryl methyl sites for hydroxylation is 1. The van der Waals surface area contributed by atoms with Gasteiger partial charge in [0, 0.05) is 32.1 Å². The molecule has 0 aliphatic heterocycles. The number of nitrogens with zero attached hydrogens (tertiary/aromatic N) is 3. The molecule has 0 aliphatic rings. The van der Waals surface area contributed by atoms with E-state index in [1.54, 1.807) is 48.8 Å². The van der Waals surface area contributed by atoms with Gasteiger partial charge in [-0.05, 0) is 49.2 Å². The Morgan fingerprint density at radius 3 is 2.61 bits per heavy atom. The lowest BCUT2D eigenvalue weighted by Gasteiger charge is -2.16. The molecule has 0 atom stereocenters. The van der Waals surface area contributed by atoms with Crippen molar-refractivity contribution in [1.82, 2.24) is 19.0 Å². The van der Waals surface area contributed by atoms with Gasteiger partial charge in [-0.2, -0.15) is 0 Å². The van der Waals surface area contributed by atoms with Crippen molar-refractivity contribution in [1.29, 1.82) is 0 Å². The van der Waals surface area contributed by atoms with Crippen LogP contribution in [0, 0.1) is 13.8 Å². The Morgan fingerprint density at radius 1 is 1.21 bits per heavy atom. The number of halogens is 1. The van der Waals surface area contributed by atoms with Crippen LogP contribution >= 0.6 is 11.6 Å². The number of carbonyl (C=O) groups excluding carboxylic acids is 1. The molecule has 0 radical (unpaired) electrons. The summed E-state index contributed by atoms with van der Waals surface area (Å²) in [6, 6.07) is 6.63. The third kappa shape index (κ3) is 3.89. The minimum absolute atomic E-state index is 0.130. The molecule has 28 heavy (non-hydrogen) atoms. The van der Waals surface area contributed by atoms with Gasteiger partial charge in [-0.1, -0.05) is 11.6 Å². The Labute approximate surface area is 169 Å².